The van der Waals surface area contributed by atoms with Crippen molar-refractivity contribution in [3.8, 4) is 0 Å². The molecule has 0 spiro atoms. The zero-order chi connectivity index (χ0) is 14.3. The fourth-order valence-electron chi connectivity index (χ4n) is 3.63. The van der Waals surface area contributed by atoms with E-state index in [2.05, 4.69) is 19.1 Å². The van der Waals surface area contributed by atoms with E-state index >= 15 is 0 Å². The predicted molar refractivity (Wildman–Crippen MR) is 75.8 cm³/mol. The van der Waals surface area contributed by atoms with Gasteiger partial charge in [0.25, 0.3) is 0 Å². The molecule has 1 aromatic carbocycles. The van der Waals surface area contributed by atoms with Gasteiger partial charge in [-0.1, -0.05) is 12.8 Å². The van der Waals surface area contributed by atoms with Gasteiger partial charge in [0.2, 0.25) is 0 Å². The van der Waals surface area contributed by atoms with Crippen molar-refractivity contribution in [1.82, 2.24) is 5.23 Å². The number of fused-ring (bicyclic) bond motifs is 1. The molecule has 3 rings (SSSR count). The first-order chi connectivity index (χ1) is 9.45. The predicted octanol–water partition coefficient (Wildman–Crippen LogP) is 2.62. The Labute approximate surface area is 119 Å². The molecule has 5 heteroatoms. The van der Waals surface area contributed by atoms with Crippen LogP contribution in [0.15, 0.2) is 18.2 Å². The van der Waals surface area contributed by atoms with Crippen LogP contribution < -0.4 is 10.7 Å². The van der Waals surface area contributed by atoms with Crippen LogP contribution >= 0.6 is 0 Å². The Morgan fingerprint density at radius 2 is 1.80 bits per heavy atom. The van der Waals surface area contributed by atoms with E-state index in [1.54, 1.807) is 0 Å². The highest BCUT2D eigenvalue weighted by Gasteiger charge is 2.46. The number of nitrogens with one attached hydrogen (secondary N) is 1. The molecule has 2 fully saturated rings. The maximum absolute atomic E-state index is 13.4. The first kappa shape index (κ1) is 14.0. The molecule has 108 valence electrons. The number of hydrogen-bond acceptors (Lipinski definition) is 2. The summed E-state index contributed by atoms with van der Waals surface area (Å²) in [5.41, 5.74) is 0.441. The van der Waals surface area contributed by atoms with E-state index in [-0.39, 0.29) is 11.6 Å². The molecule has 2 atom stereocenters. The van der Waals surface area contributed by atoms with Crippen LogP contribution in [0.25, 0.3) is 0 Å². The zero-order valence-corrected chi connectivity index (χ0v) is 12.0. The SMILES string of the molecule is CC1(C)NB(c2cc(F)cc(F)c2)O[C@@H]2CCCC[C@@H]21. The van der Waals surface area contributed by atoms with Crippen molar-refractivity contribution in [1.29, 1.82) is 0 Å². The van der Waals surface area contributed by atoms with Crippen LogP contribution in [-0.2, 0) is 4.65 Å². The van der Waals surface area contributed by atoms with Crippen LogP contribution in [-0.4, -0.2) is 18.7 Å². The van der Waals surface area contributed by atoms with E-state index < -0.39 is 18.7 Å². The van der Waals surface area contributed by atoms with Crippen LogP contribution in [0.3, 0.4) is 0 Å². The number of halogens is 2. The molecule has 2 nitrogen and oxygen atoms in total. The summed E-state index contributed by atoms with van der Waals surface area (Å²) in [7, 11) is -0.436. The number of hydrogen-bond donors (Lipinski definition) is 1. The van der Waals surface area contributed by atoms with E-state index in [9.17, 15) is 8.78 Å². The minimum absolute atomic E-state index is 0.0865. The molecule has 1 saturated heterocycles. The lowest BCUT2D eigenvalue weighted by Gasteiger charge is -2.49. The Morgan fingerprint density at radius 3 is 2.50 bits per heavy atom. The Bertz CT molecular complexity index is 488. The molecular formula is C15H20BF2NO. The fourth-order valence-corrected chi connectivity index (χ4v) is 3.63. The van der Waals surface area contributed by atoms with Crippen molar-refractivity contribution >= 4 is 12.5 Å². The Morgan fingerprint density at radius 1 is 1.15 bits per heavy atom. The lowest BCUT2D eigenvalue weighted by atomic mass is 9.62. The maximum atomic E-state index is 13.4. The van der Waals surface area contributed by atoms with E-state index in [1.165, 1.54) is 25.0 Å². The van der Waals surface area contributed by atoms with Crippen molar-refractivity contribution < 1.29 is 13.4 Å². The van der Waals surface area contributed by atoms with Crippen molar-refractivity contribution in [2.45, 2.75) is 51.2 Å². The Kier molecular flexibility index (Phi) is 3.59. The minimum atomic E-state index is -0.561. The summed E-state index contributed by atoms with van der Waals surface area (Å²) in [6.07, 6.45) is 4.76. The Balaban J connectivity index is 1.88. The average Bonchev–Trinajstić information content (AvgIpc) is 2.37. The molecule has 0 unspecified atom stereocenters. The lowest BCUT2D eigenvalue weighted by molar-refractivity contribution is 0.0167. The molecule has 0 amide bonds. The summed E-state index contributed by atoms with van der Waals surface area (Å²) < 4.78 is 32.8. The van der Waals surface area contributed by atoms with Crippen molar-refractivity contribution in [2.75, 3.05) is 0 Å². The monoisotopic (exact) mass is 279 g/mol. The highest BCUT2D eigenvalue weighted by molar-refractivity contribution is 6.65. The molecule has 2 aliphatic rings. The zero-order valence-electron chi connectivity index (χ0n) is 12.0. The summed E-state index contributed by atoms with van der Waals surface area (Å²) in [5.74, 6) is -0.658. The van der Waals surface area contributed by atoms with Gasteiger partial charge in [-0.15, -0.1) is 0 Å². The summed E-state index contributed by atoms with van der Waals surface area (Å²) in [6, 6.07) is 3.58. The normalized spacial score (nSPS) is 29.1. The molecule has 0 aromatic heterocycles. The molecular weight excluding hydrogens is 259 g/mol. The molecule has 20 heavy (non-hydrogen) atoms. The molecule has 1 heterocycles. The van der Waals surface area contributed by atoms with Gasteiger partial charge in [0, 0.05) is 23.6 Å². The van der Waals surface area contributed by atoms with Crippen LogP contribution in [0.4, 0.5) is 8.78 Å². The van der Waals surface area contributed by atoms with Gasteiger partial charge in [0.05, 0.1) is 0 Å². The third-order valence-electron chi connectivity index (χ3n) is 4.63. The van der Waals surface area contributed by atoms with Gasteiger partial charge < -0.3 is 9.88 Å². The molecule has 1 saturated carbocycles. The topological polar surface area (TPSA) is 21.3 Å². The lowest BCUT2D eigenvalue weighted by Crippen LogP contribution is -2.68. The van der Waals surface area contributed by atoms with Gasteiger partial charge in [-0.05, 0) is 44.3 Å². The van der Waals surface area contributed by atoms with E-state index in [0.717, 1.165) is 18.9 Å². The maximum Gasteiger partial charge on any atom is 0.416 e. The van der Waals surface area contributed by atoms with Crippen molar-refractivity contribution in [3.05, 3.63) is 29.8 Å². The minimum Gasteiger partial charge on any atom is -0.415 e. The van der Waals surface area contributed by atoms with Crippen LogP contribution in [0.2, 0.25) is 0 Å². The molecule has 1 aliphatic heterocycles. The van der Waals surface area contributed by atoms with Crippen molar-refractivity contribution in [3.63, 3.8) is 0 Å². The van der Waals surface area contributed by atoms with Crippen LogP contribution in [0, 0.1) is 17.6 Å². The second-order valence-electron chi connectivity index (χ2n) is 6.51. The van der Waals surface area contributed by atoms with Crippen LogP contribution in [0.5, 0.6) is 0 Å². The average molecular weight is 279 g/mol. The molecule has 0 bridgehead atoms. The molecule has 1 aromatic rings. The van der Waals surface area contributed by atoms with Gasteiger partial charge in [-0.25, -0.2) is 8.78 Å². The second-order valence-corrected chi connectivity index (χ2v) is 6.51. The summed E-state index contributed by atoms with van der Waals surface area (Å²) in [5, 5.41) is 3.41. The van der Waals surface area contributed by atoms with Crippen molar-refractivity contribution in [2.24, 2.45) is 5.92 Å². The van der Waals surface area contributed by atoms with Crippen LogP contribution in [0.1, 0.15) is 39.5 Å². The standard InChI is InChI=1S/C15H20BF2NO/c1-15(2)13-5-3-4-6-14(13)20-16(19-15)10-7-11(17)9-12(18)8-10/h7-9,13-14,19H,3-6H2,1-2H3/t13-,14+/m0/s1. The van der Waals surface area contributed by atoms with Gasteiger partial charge in [-0.2, -0.15) is 0 Å². The van der Waals surface area contributed by atoms with E-state index in [1.807, 2.05) is 0 Å². The number of benzene rings is 1. The quantitative estimate of drug-likeness (QED) is 0.798. The number of rotatable bonds is 1. The molecule has 1 aliphatic carbocycles. The Hall–Kier alpha value is -0.935. The van der Waals surface area contributed by atoms with E-state index in [4.69, 9.17) is 4.65 Å². The second kappa shape index (κ2) is 5.12. The summed E-state index contributed by atoms with van der Waals surface area (Å²) in [4.78, 5) is 0. The summed E-state index contributed by atoms with van der Waals surface area (Å²) >= 11 is 0. The fraction of sp³-hybridized carbons (Fsp3) is 0.600. The summed E-state index contributed by atoms with van der Waals surface area (Å²) in [6.45, 7) is 4.31. The first-order valence-corrected chi connectivity index (χ1v) is 7.35. The third-order valence-corrected chi connectivity index (χ3v) is 4.63. The van der Waals surface area contributed by atoms with Gasteiger partial charge in [-0.3, -0.25) is 0 Å². The van der Waals surface area contributed by atoms with Gasteiger partial charge in [0.1, 0.15) is 11.6 Å². The molecule has 0 radical (unpaired) electrons. The van der Waals surface area contributed by atoms with Gasteiger partial charge in [0.15, 0.2) is 0 Å². The highest BCUT2D eigenvalue weighted by Crippen LogP contribution is 2.37. The molecule has 1 N–H and O–H groups in total. The van der Waals surface area contributed by atoms with E-state index in [0.29, 0.717) is 11.4 Å². The largest absolute Gasteiger partial charge is 0.416 e. The third kappa shape index (κ3) is 2.61. The highest BCUT2D eigenvalue weighted by atomic mass is 19.1. The first-order valence-electron chi connectivity index (χ1n) is 7.35. The van der Waals surface area contributed by atoms with Gasteiger partial charge >= 0.3 is 7.05 Å². The smallest absolute Gasteiger partial charge is 0.415 e.